The summed E-state index contributed by atoms with van der Waals surface area (Å²) in [4.78, 5) is 21.9. The van der Waals surface area contributed by atoms with Crippen molar-refractivity contribution in [3.8, 4) is 0 Å². The number of nitrogens with one attached hydrogen (secondary N) is 1. The Labute approximate surface area is 118 Å². The van der Waals surface area contributed by atoms with E-state index in [1.54, 1.807) is 5.32 Å². The van der Waals surface area contributed by atoms with Gasteiger partial charge in [-0.15, -0.1) is 0 Å². The zero-order chi connectivity index (χ0) is 16.3. The Bertz CT molecular complexity index is 548. The number of nitro groups is 1. The van der Waals surface area contributed by atoms with Gasteiger partial charge in [-0.3, -0.25) is 14.9 Å². The smallest absolute Gasteiger partial charge is 0.382 e. The van der Waals surface area contributed by atoms with E-state index in [4.69, 9.17) is 0 Å². The van der Waals surface area contributed by atoms with Crippen LogP contribution in [0.15, 0.2) is 24.3 Å². The van der Waals surface area contributed by atoms with Crippen molar-refractivity contribution < 1.29 is 27.6 Å². The lowest BCUT2D eigenvalue weighted by atomic mass is 10.0. The average molecular weight is 306 g/mol. The quantitative estimate of drug-likeness (QED) is 0.668. The minimum Gasteiger partial charge on any atom is -0.382 e. The van der Waals surface area contributed by atoms with Crippen LogP contribution in [-0.4, -0.2) is 36.3 Å². The molecule has 0 aromatic heterocycles. The van der Waals surface area contributed by atoms with Crippen LogP contribution < -0.4 is 5.32 Å². The molecule has 0 saturated carbocycles. The minimum absolute atomic E-state index is 0.450. The molecule has 6 nitrogen and oxygen atoms in total. The van der Waals surface area contributed by atoms with Crippen LogP contribution in [-0.2, 0) is 4.74 Å². The number of ether oxygens (including phenoxy) is 1. The lowest BCUT2D eigenvalue weighted by Crippen LogP contribution is -2.59. The number of benzene rings is 1. The van der Waals surface area contributed by atoms with Crippen LogP contribution in [0.4, 0.5) is 18.9 Å². The number of nitro benzene ring substituents is 1. The van der Waals surface area contributed by atoms with Gasteiger partial charge in [0.15, 0.2) is 5.54 Å². The zero-order valence-electron chi connectivity index (χ0n) is 11.2. The molecule has 0 fully saturated rings. The molecule has 0 aliphatic rings. The fraction of sp³-hybridized carbons (Fsp3) is 0.417. The molecule has 0 saturated heterocycles. The SMILES string of the molecule is COCC(C)(NC(=O)c1ccccc1[N+](=O)[O-])C(F)(F)F. The molecule has 0 radical (unpaired) electrons. The van der Waals surface area contributed by atoms with Crippen molar-refractivity contribution in [2.24, 2.45) is 0 Å². The molecule has 1 rings (SSSR count). The van der Waals surface area contributed by atoms with Gasteiger partial charge in [0.05, 0.1) is 11.5 Å². The Hall–Kier alpha value is -2.16. The molecule has 9 heteroatoms. The number of hydrogen-bond donors (Lipinski definition) is 1. The number of hydrogen-bond acceptors (Lipinski definition) is 4. The average Bonchev–Trinajstić information content (AvgIpc) is 2.37. The fourth-order valence-corrected chi connectivity index (χ4v) is 1.62. The van der Waals surface area contributed by atoms with E-state index in [-0.39, 0.29) is 0 Å². The molecule has 116 valence electrons. The highest BCUT2D eigenvalue weighted by atomic mass is 19.4. The van der Waals surface area contributed by atoms with E-state index in [2.05, 4.69) is 4.74 Å². The van der Waals surface area contributed by atoms with Gasteiger partial charge in [-0.1, -0.05) is 12.1 Å². The van der Waals surface area contributed by atoms with Gasteiger partial charge in [-0.2, -0.15) is 13.2 Å². The van der Waals surface area contributed by atoms with Crippen molar-refractivity contribution in [1.82, 2.24) is 5.32 Å². The van der Waals surface area contributed by atoms with Crippen LogP contribution in [0.1, 0.15) is 17.3 Å². The van der Waals surface area contributed by atoms with Crippen molar-refractivity contribution >= 4 is 11.6 Å². The molecule has 0 aliphatic carbocycles. The van der Waals surface area contributed by atoms with Crippen molar-refractivity contribution in [2.75, 3.05) is 13.7 Å². The van der Waals surface area contributed by atoms with Crippen LogP contribution in [0.5, 0.6) is 0 Å². The van der Waals surface area contributed by atoms with Gasteiger partial charge >= 0.3 is 6.18 Å². The van der Waals surface area contributed by atoms with Crippen LogP contribution in [0.3, 0.4) is 0 Å². The number of amides is 1. The number of methoxy groups -OCH3 is 1. The van der Waals surface area contributed by atoms with E-state index in [0.29, 0.717) is 0 Å². The maximum atomic E-state index is 13.0. The fourth-order valence-electron chi connectivity index (χ4n) is 1.62. The number of carbonyl (C=O) groups excluding carboxylic acids is 1. The summed E-state index contributed by atoms with van der Waals surface area (Å²) in [5.74, 6) is -1.20. The van der Waals surface area contributed by atoms with E-state index in [9.17, 15) is 28.1 Å². The first-order valence-corrected chi connectivity index (χ1v) is 5.74. The first-order chi connectivity index (χ1) is 9.62. The summed E-state index contributed by atoms with van der Waals surface area (Å²) in [6.45, 7) is -0.0773. The second-order valence-corrected chi connectivity index (χ2v) is 4.49. The molecule has 1 N–H and O–H groups in total. The Morgan fingerprint density at radius 2 is 1.95 bits per heavy atom. The summed E-state index contributed by atoms with van der Waals surface area (Å²) in [5.41, 5.74) is -3.67. The molecular formula is C12H13F3N2O4. The Balaban J connectivity index is 3.12. The third-order valence-electron chi connectivity index (χ3n) is 2.79. The van der Waals surface area contributed by atoms with Crippen LogP contribution in [0.2, 0.25) is 0 Å². The maximum absolute atomic E-state index is 13.0. The lowest BCUT2D eigenvalue weighted by Gasteiger charge is -2.32. The summed E-state index contributed by atoms with van der Waals surface area (Å²) in [6, 6.07) is 4.75. The van der Waals surface area contributed by atoms with E-state index in [1.165, 1.54) is 12.1 Å². The van der Waals surface area contributed by atoms with E-state index < -0.39 is 40.4 Å². The van der Waals surface area contributed by atoms with Crippen LogP contribution in [0.25, 0.3) is 0 Å². The molecule has 1 unspecified atom stereocenters. The number of carbonyl (C=O) groups is 1. The molecule has 0 spiro atoms. The molecule has 1 aromatic carbocycles. The first kappa shape index (κ1) is 16.9. The molecule has 0 aliphatic heterocycles. The van der Waals surface area contributed by atoms with E-state index in [1.807, 2.05) is 0 Å². The van der Waals surface area contributed by atoms with Gasteiger partial charge in [0.1, 0.15) is 5.56 Å². The summed E-state index contributed by atoms with van der Waals surface area (Å²) >= 11 is 0. The molecule has 1 amide bonds. The summed E-state index contributed by atoms with van der Waals surface area (Å²) in [6.07, 6.45) is -4.78. The number of rotatable bonds is 5. The molecular weight excluding hydrogens is 293 g/mol. The monoisotopic (exact) mass is 306 g/mol. The number of halogens is 3. The Morgan fingerprint density at radius 1 is 1.38 bits per heavy atom. The third kappa shape index (κ3) is 3.69. The summed E-state index contributed by atoms with van der Waals surface area (Å²) < 4.78 is 43.5. The Kier molecular flexibility index (Phi) is 4.89. The topological polar surface area (TPSA) is 81.5 Å². The van der Waals surface area contributed by atoms with Gasteiger partial charge in [0, 0.05) is 13.2 Å². The number of alkyl halides is 3. The number of nitrogens with zero attached hydrogens (tertiary/aromatic N) is 1. The van der Waals surface area contributed by atoms with Crippen molar-refractivity contribution in [3.63, 3.8) is 0 Å². The second kappa shape index (κ2) is 6.08. The normalized spacial score (nSPS) is 14.3. The van der Waals surface area contributed by atoms with Crippen molar-refractivity contribution in [2.45, 2.75) is 18.6 Å². The second-order valence-electron chi connectivity index (χ2n) is 4.49. The highest BCUT2D eigenvalue weighted by Crippen LogP contribution is 2.31. The van der Waals surface area contributed by atoms with Crippen LogP contribution in [0, 0.1) is 10.1 Å². The molecule has 21 heavy (non-hydrogen) atoms. The maximum Gasteiger partial charge on any atom is 0.413 e. The van der Waals surface area contributed by atoms with Gasteiger partial charge in [-0.25, -0.2) is 0 Å². The van der Waals surface area contributed by atoms with Gasteiger partial charge in [0.25, 0.3) is 11.6 Å². The van der Waals surface area contributed by atoms with Crippen LogP contribution >= 0.6 is 0 Å². The predicted octanol–water partition coefficient (Wildman–Crippen LogP) is 2.29. The van der Waals surface area contributed by atoms with Gasteiger partial charge in [-0.05, 0) is 13.0 Å². The molecule has 0 bridgehead atoms. The zero-order valence-corrected chi connectivity index (χ0v) is 11.2. The van der Waals surface area contributed by atoms with Gasteiger partial charge < -0.3 is 10.1 Å². The Morgan fingerprint density at radius 3 is 2.43 bits per heavy atom. The predicted molar refractivity (Wildman–Crippen MR) is 66.9 cm³/mol. The van der Waals surface area contributed by atoms with Crippen molar-refractivity contribution in [1.29, 1.82) is 0 Å². The summed E-state index contributed by atoms with van der Waals surface area (Å²) in [7, 11) is 1.06. The minimum atomic E-state index is -4.78. The highest BCUT2D eigenvalue weighted by Gasteiger charge is 2.52. The largest absolute Gasteiger partial charge is 0.413 e. The first-order valence-electron chi connectivity index (χ1n) is 5.74. The standard InChI is InChI=1S/C12H13F3N2O4/c1-11(7-21-2,12(13,14)15)16-10(18)8-5-3-4-6-9(8)17(19)20/h3-6H,7H2,1-2H3,(H,16,18). The molecule has 1 atom stereocenters. The lowest BCUT2D eigenvalue weighted by molar-refractivity contribution is -0.385. The van der Waals surface area contributed by atoms with E-state index >= 15 is 0 Å². The highest BCUT2D eigenvalue weighted by molar-refractivity contribution is 5.98. The summed E-state index contributed by atoms with van der Waals surface area (Å²) in [5, 5.41) is 12.5. The molecule has 1 aromatic rings. The van der Waals surface area contributed by atoms with E-state index in [0.717, 1.165) is 26.2 Å². The van der Waals surface area contributed by atoms with Gasteiger partial charge in [0.2, 0.25) is 0 Å². The molecule has 0 heterocycles. The number of para-hydroxylation sites is 1. The van der Waals surface area contributed by atoms with Crippen molar-refractivity contribution in [3.05, 3.63) is 39.9 Å². The third-order valence-corrected chi connectivity index (χ3v) is 2.79.